The van der Waals surface area contributed by atoms with Crippen LogP contribution in [-0.2, 0) is 10.8 Å². The Morgan fingerprint density at radius 2 is 1.72 bits per heavy atom. The van der Waals surface area contributed by atoms with Crippen LogP contribution in [0.3, 0.4) is 0 Å². The van der Waals surface area contributed by atoms with E-state index in [0.717, 1.165) is 19.4 Å². The first-order chi connectivity index (χ1) is 11.8. The van der Waals surface area contributed by atoms with Crippen LogP contribution in [0, 0.1) is 23.7 Å². The molecular weight excluding hydrogens is 320 g/mol. The molecule has 2 atom stereocenters. The second kappa shape index (κ2) is 8.69. The summed E-state index contributed by atoms with van der Waals surface area (Å²) >= 11 is 0. The van der Waals surface area contributed by atoms with Crippen LogP contribution in [0.2, 0.25) is 18.1 Å². The van der Waals surface area contributed by atoms with Gasteiger partial charge in [0, 0.05) is 18.9 Å². The van der Waals surface area contributed by atoms with Gasteiger partial charge in [-0.05, 0) is 36.0 Å². The molecule has 0 amide bonds. The van der Waals surface area contributed by atoms with E-state index in [9.17, 15) is 0 Å². The highest BCUT2D eigenvalue weighted by atomic mass is 28.4. The summed E-state index contributed by atoms with van der Waals surface area (Å²) in [6.07, 6.45) is 10.6. The molecule has 2 rings (SSSR count). The van der Waals surface area contributed by atoms with Crippen molar-refractivity contribution < 1.29 is 4.43 Å². The van der Waals surface area contributed by atoms with E-state index in [-0.39, 0.29) is 5.04 Å². The molecule has 0 saturated heterocycles. The Hall–Kier alpha value is -1.56. The van der Waals surface area contributed by atoms with Gasteiger partial charge in [0.25, 0.3) is 0 Å². The van der Waals surface area contributed by atoms with Crippen LogP contribution in [0.25, 0.3) is 0 Å². The number of benzene rings is 1. The minimum Gasteiger partial charge on any atom is -0.416 e. The Balaban J connectivity index is 1.87. The Morgan fingerprint density at radius 3 is 2.40 bits per heavy atom. The lowest BCUT2D eigenvalue weighted by Crippen LogP contribution is -2.40. The van der Waals surface area contributed by atoms with Crippen LogP contribution >= 0.6 is 0 Å². The van der Waals surface area contributed by atoms with Crippen molar-refractivity contribution >= 4 is 8.32 Å². The van der Waals surface area contributed by atoms with Gasteiger partial charge in [0.1, 0.15) is 0 Å². The molecule has 0 fully saturated rings. The minimum absolute atomic E-state index is 0.262. The summed E-state index contributed by atoms with van der Waals surface area (Å²) < 4.78 is 6.21. The number of hydrogen-bond donors (Lipinski definition) is 0. The Kier molecular flexibility index (Phi) is 6.87. The fraction of sp³-hybridized carbons (Fsp3) is 0.478. The van der Waals surface area contributed by atoms with Crippen LogP contribution < -0.4 is 0 Å². The number of rotatable bonds is 5. The maximum atomic E-state index is 6.21. The molecule has 25 heavy (non-hydrogen) atoms. The molecule has 1 nitrogen and oxygen atoms in total. The standard InChI is InChI=1S/C23H32OSi/c1-23(2,3)25(4,5)24-18-12-11-16-21-15-9-10-17-22(21)19-20-13-7-6-8-14-20/h6-10,13-15,17,21-22H,12,18-19H2,1-5H3. The molecule has 1 aromatic rings. The second-order valence-electron chi connectivity index (χ2n) is 8.33. The van der Waals surface area contributed by atoms with Gasteiger partial charge in [-0.15, -0.1) is 5.92 Å². The molecule has 0 heterocycles. The van der Waals surface area contributed by atoms with Gasteiger partial charge in [0.05, 0.1) is 0 Å². The van der Waals surface area contributed by atoms with Gasteiger partial charge >= 0.3 is 0 Å². The molecule has 0 spiro atoms. The van der Waals surface area contributed by atoms with Crippen molar-refractivity contribution in [1.29, 1.82) is 0 Å². The molecule has 134 valence electrons. The van der Waals surface area contributed by atoms with Crippen LogP contribution in [0.1, 0.15) is 32.8 Å². The molecule has 1 aromatic carbocycles. The largest absolute Gasteiger partial charge is 0.416 e. The third-order valence-electron chi connectivity index (χ3n) is 5.33. The predicted molar refractivity (Wildman–Crippen MR) is 111 cm³/mol. The molecule has 0 bridgehead atoms. The Labute approximate surface area is 155 Å². The third kappa shape index (κ3) is 6.03. The van der Waals surface area contributed by atoms with Crippen molar-refractivity contribution in [3.05, 3.63) is 60.2 Å². The van der Waals surface area contributed by atoms with E-state index < -0.39 is 8.32 Å². The first-order valence-electron chi connectivity index (χ1n) is 9.31. The first-order valence-corrected chi connectivity index (χ1v) is 12.2. The average molecular weight is 353 g/mol. The summed E-state index contributed by atoms with van der Waals surface area (Å²) in [5.74, 6) is 7.58. The van der Waals surface area contributed by atoms with Crippen molar-refractivity contribution in [2.45, 2.75) is 51.7 Å². The van der Waals surface area contributed by atoms with Gasteiger partial charge in [0.2, 0.25) is 0 Å². The summed E-state index contributed by atoms with van der Waals surface area (Å²) in [5, 5.41) is 0.262. The summed E-state index contributed by atoms with van der Waals surface area (Å²) in [7, 11) is -1.65. The van der Waals surface area contributed by atoms with Crippen molar-refractivity contribution in [2.75, 3.05) is 6.61 Å². The molecule has 1 aliphatic carbocycles. The topological polar surface area (TPSA) is 9.23 Å². The molecule has 0 saturated carbocycles. The summed E-state index contributed by atoms with van der Waals surface area (Å²) in [4.78, 5) is 0. The quantitative estimate of drug-likeness (QED) is 0.358. The van der Waals surface area contributed by atoms with Gasteiger partial charge < -0.3 is 4.43 Å². The fourth-order valence-corrected chi connectivity index (χ4v) is 3.70. The molecule has 0 N–H and O–H groups in total. The zero-order valence-corrected chi connectivity index (χ0v) is 17.4. The van der Waals surface area contributed by atoms with E-state index in [4.69, 9.17) is 4.43 Å². The highest BCUT2D eigenvalue weighted by Gasteiger charge is 2.36. The molecule has 0 aliphatic heterocycles. The molecule has 2 unspecified atom stereocenters. The van der Waals surface area contributed by atoms with Gasteiger partial charge in [-0.2, -0.15) is 0 Å². The lowest BCUT2D eigenvalue weighted by Gasteiger charge is -2.35. The third-order valence-corrected chi connectivity index (χ3v) is 9.87. The first kappa shape index (κ1) is 19.8. The van der Waals surface area contributed by atoms with Crippen LogP contribution in [0.4, 0.5) is 0 Å². The highest BCUT2D eigenvalue weighted by molar-refractivity contribution is 6.74. The minimum atomic E-state index is -1.65. The predicted octanol–water partition coefficient (Wildman–Crippen LogP) is 6.00. The molecule has 0 radical (unpaired) electrons. The summed E-state index contributed by atoms with van der Waals surface area (Å²) in [5.41, 5.74) is 1.38. The maximum absolute atomic E-state index is 6.21. The Morgan fingerprint density at radius 1 is 1.04 bits per heavy atom. The van der Waals surface area contributed by atoms with Gasteiger partial charge in [-0.25, -0.2) is 0 Å². The highest BCUT2D eigenvalue weighted by Crippen LogP contribution is 2.36. The molecule has 2 heteroatoms. The average Bonchev–Trinajstić information content (AvgIpc) is 2.56. The van der Waals surface area contributed by atoms with Crippen LogP contribution in [-0.4, -0.2) is 14.9 Å². The van der Waals surface area contributed by atoms with Crippen molar-refractivity contribution in [3.8, 4) is 11.8 Å². The van der Waals surface area contributed by atoms with Gasteiger partial charge in [0.15, 0.2) is 8.32 Å². The lowest BCUT2D eigenvalue weighted by atomic mass is 9.84. The van der Waals surface area contributed by atoms with E-state index in [1.165, 1.54) is 5.56 Å². The van der Waals surface area contributed by atoms with Crippen LogP contribution in [0.15, 0.2) is 54.6 Å². The normalized spacial score (nSPS) is 20.2. The number of hydrogen-bond acceptors (Lipinski definition) is 1. The lowest BCUT2D eigenvalue weighted by molar-refractivity contribution is 0.296. The SMILES string of the molecule is CC(C)(C)[Si](C)(C)OCCC#CC1C=CC=CC1Cc1ccccc1. The molecule has 1 aliphatic rings. The molecular formula is C23H32OSi. The van der Waals surface area contributed by atoms with Crippen molar-refractivity contribution in [3.63, 3.8) is 0 Å². The van der Waals surface area contributed by atoms with Gasteiger partial charge in [-0.1, -0.05) is 81.3 Å². The monoisotopic (exact) mass is 352 g/mol. The summed E-state index contributed by atoms with van der Waals surface area (Å²) in [6.45, 7) is 12.2. The maximum Gasteiger partial charge on any atom is 0.192 e. The fourth-order valence-electron chi connectivity index (χ4n) is 2.65. The summed E-state index contributed by atoms with van der Waals surface area (Å²) in [6, 6.07) is 10.7. The van der Waals surface area contributed by atoms with E-state index in [2.05, 4.69) is 100 Å². The smallest absolute Gasteiger partial charge is 0.192 e. The van der Waals surface area contributed by atoms with E-state index in [1.807, 2.05) is 0 Å². The van der Waals surface area contributed by atoms with Crippen molar-refractivity contribution in [1.82, 2.24) is 0 Å². The zero-order chi connectivity index (χ0) is 18.3. The second-order valence-corrected chi connectivity index (χ2v) is 13.1. The Bertz CT molecular complexity index is 653. The number of allylic oxidation sites excluding steroid dienone is 4. The van der Waals surface area contributed by atoms with E-state index >= 15 is 0 Å². The van der Waals surface area contributed by atoms with Crippen LogP contribution in [0.5, 0.6) is 0 Å². The molecule has 0 aromatic heterocycles. The van der Waals surface area contributed by atoms with E-state index in [1.54, 1.807) is 0 Å². The van der Waals surface area contributed by atoms with E-state index in [0.29, 0.717) is 11.8 Å². The zero-order valence-electron chi connectivity index (χ0n) is 16.4. The van der Waals surface area contributed by atoms with Gasteiger partial charge in [-0.3, -0.25) is 0 Å². The van der Waals surface area contributed by atoms with Crippen molar-refractivity contribution in [2.24, 2.45) is 11.8 Å².